The molecule has 3 aliphatic rings. The molecule has 1 heteroatoms. The molecule has 0 aromatic heterocycles. The lowest BCUT2D eigenvalue weighted by Crippen LogP contribution is -2.27. The molecule has 3 aliphatic carbocycles. The molecule has 126 valence electrons. The molecule has 0 spiro atoms. The van der Waals surface area contributed by atoms with Crippen LogP contribution in [-0.2, 0) is 0 Å². The first-order valence-corrected chi connectivity index (χ1v) is 10.1. The van der Waals surface area contributed by atoms with Gasteiger partial charge in [-0.15, -0.1) is 0 Å². The van der Waals surface area contributed by atoms with Crippen LogP contribution in [0.15, 0.2) is 11.6 Å². The Hall–Kier alpha value is -0.300. The van der Waals surface area contributed by atoms with Gasteiger partial charge in [-0.05, 0) is 81.5 Å². The fraction of sp³-hybridized carbons (Fsp3) is 0.905. The minimum Gasteiger partial charge on any atom is -0.393 e. The fourth-order valence-corrected chi connectivity index (χ4v) is 5.53. The van der Waals surface area contributed by atoms with Crippen molar-refractivity contribution in [3.8, 4) is 0 Å². The molecule has 0 aromatic rings. The molecule has 0 aromatic carbocycles. The topological polar surface area (TPSA) is 20.2 Å². The fourth-order valence-electron chi connectivity index (χ4n) is 5.53. The molecule has 0 radical (unpaired) electrons. The average Bonchev–Trinajstić information content (AvgIpc) is 2.57. The standard InChI is InChI=1S/C21H36O/c1-2-3-16-4-6-17(7-5-16)18-8-10-19(11-9-18)20-12-14-21(22)15-13-20/h12,16-19,21-22H,2-11,13-15H2,1H3. The van der Waals surface area contributed by atoms with Crippen molar-refractivity contribution in [1.82, 2.24) is 0 Å². The number of hydrogen-bond donors (Lipinski definition) is 1. The summed E-state index contributed by atoms with van der Waals surface area (Å²) in [6.07, 6.45) is 20.1. The molecule has 2 saturated carbocycles. The molecule has 0 bridgehead atoms. The summed E-state index contributed by atoms with van der Waals surface area (Å²) in [5, 5.41) is 9.65. The third-order valence-electron chi connectivity index (χ3n) is 6.97. The molecule has 0 aliphatic heterocycles. The molecule has 1 nitrogen and oxygen atoms in total. The average molecular weight is 305 g/mol. The van der Waals surface area contributed by atoms with Crippen molar-refractivity contribution in [1.29, 1.82) is 0 Å². The van der Waals surface area contributed by atoms with E-state index in [-0.39, 0.29) is 6.10 Å². The normalized spacial score (nSPS) is 40.3. The lowest BCUT2D eigenvalue weighted by atomic mass is 9.67. The van der Waals surface area contributed by atoms with Crippen LogP contribution in [0.4, 0.5) is 0 Å². The van der Waals surface area contributed by atoms with Crippen LogP contribution in [-0.4, -0.2) is 11.2 Å². The largest absolute Gasteiger partial charge is 0.393 e. The zero-order valence-corrected chi connectivity index (χ0v) is 14.6. The molecule has 0 amide bonds. The van der Waals surface area contributed by atoms with E-state index >= 15 is 0 Å². The molecule has 2 fully saturated rings. The van der Waals surface area contributed by atoms with Gasteiger partial charge >= 0.3 is 0 Å². The Morgan fingerprint density at radius 2 is 1.55 bits per heavy atom. The summed E-state index contributed by atoms with van der Waals surface area (Å²) in [4.78, 5) is 0. The van der Waals surface area contributed by atoms with E-state index in [9.17, 15) is 5.11 Å². The predicted octanol–water partition coefficient (Wildman–Crippen LogP) is 5.87. The van der Waals surface area contributed by atoms with Crippen molar-refractivity contribution in [2.75, 3.05) is 0 Å². The van der Waals surface area contributed by atoms with Gasteiger partial charge in [-0.25, -0.2) is 0 Å². The van der Waals surface area contributed by atoms with Gasteiger partial charge in [0.15, 0.2) is 0 Å². The van der Waals surface area contributed by atoms with Crippen molar-refractivity contribution in [3.05, 3.63) is 11.6 Å². The summed E-state index contributed by atoms with van der Waals surface area (Å²) < 4.78 is 0. The minimum atomic E-state index is -0.0570. The van der Waals surface area contributed by atoms with Gasteiger partial charge in [-0.2, -0.15) is 0 Å². The molecule has 0 heterocycles. The van der Waals surface area contributed by atoms with Gasteiger partial charge in [0.1, 0.15) is 0 Å². The van der Waals surface area contributed by atoms with Crippen molar-refractivity contribution in [3.63, 3.8) is 0 Å². The Labute approximate surface area is 137 Å². The Balaban J connectivity index is 1.42. The lowest BCUT2D eigenvalue weighted by Gasteiger charge is -2.39. The van der Waals surface area contributed by atoms with Gasteiger partial charge in [0.05, 0.1) is 6.10 Å². The van der Waals surface area contributed by atoms with Crippen LogP contribution >= 0.6 is 0 Å². The van der Waals surface area contributed by atoms with Gasteiger partial charge in [0, 0.05) is 0 Å². The zero-order valence-electron chi connectivity index (χ0n) is 14.6. The monoisotopic (exact) mass is 304 g/mol. The van der Waals surface area contributed by atoms with Crippen molar-refractivity contribution in [2.24, 2.45) is 23.7 Å². The van der Waals surface area contributed by atoms with E-state index in [4.69, 9.17) is 0 Å². The van der Waals surface area contributed by atoms with Crippen molar-refractivity contribution < 1.29 is 5.11 Å². The third kappa shape index (κ3) is 4.16. The Bertz CT molecular complexity index is 356. The summed E-state index contributed by atoms with van der Waals surface area (Å²) in [6.45, 7) is 2.34. The summed E-state index contributed by atoms with van der Waals surface area (Å²) in [7, 11) is 0. The summed E-state index contributed by atoms with van der Waals surface area (Å²) in [5.41, 5.74) is 1.69. The maximum absolute atomic E-state index is 9.65. The maximum atomic E-state index is 9.65. The van der Waals surface area contributed by atoms with Crippen molar-refractivity contribution >= 4 is 0 Å². The first kappa shape index (κ1) is 16.6. The molecule has 1 unspecified atom stereocenters. The highest BCUT2D eigenvalue weighted by atomic mass is 16.3. The van der Waals surface area contributed by atoms with Crippen LogP contribution < -0.4 is 0 Å². The number of rotatable bonds is 4. The highest BCUT2D eigenvalue weighted by Gasteiger charge is 2.32. The molecule has 0 saturated heterocycles. The number of allylic oxidation sites excluding steroid dienone is 1. The summed E-state index contributed by atoms with van der Waals surface area (Å²) in [5.74, 6) is 4.00. The third-order valence-corrected chi connectivity index (χ3v) is 6.97. The van der Waals surface area contributed by atoms with Gasteiger partial charge < -0.3 is 5.11 Å². The second-order valence-electron chi connectivity index (χ2n) is 8.39. The minimum absolute atomic E-state index is 0.0570. The van der Waals surface area contributed by atoms with Crippen LogP contribution in [0, 0.1) is 23.7 Å². The smallest absolute Gasteiger partial charge is 0.0577 e. The second kappa shape index (κ2) is 7.99. The number of hydrogen-bond acceptors (Lipinski definition) is 1. The van der Waals surface area contributed by atoms with E-state index in [1.54, 1.807) is 5.57 Å². The lowest BCUT2D eigenvalue weighted by molar-refractivity contribution is 0.141. The van der Waals surface area contributed by atoms with Gasteiger partial charge in [0.2, 0.25) is 0 Å². The second-order valence-corrected chi connectivity index (χ2v) is 8.39. The van der Waals surface area contributed by atoms with E-state index in [0.717, 1.165) is 36.5 Å². The van der Waals surface area contributed by atoms with Crippen molar-refractivity contribution in [2.45, 2.75) is 96.5 Å². The first-order chi connectivity index (χ1) is 10.8. The Kier molecular flexibility index (Phi) is 6.02. The van der Waals surface area contributed by atoms with Gasteiger partial charge in [0.25, 0.3) is 0 Å². The molecular weight excluding hydrogens is 268 g/mol. The van der Waals surface area contributed by atoms with Crippen LogP contribution in [0.5, 0.6) is 0 Å². The van der Waals surface area contributed by atoms with Gasteiger partial charge in [-0.1, -0.05) is 44.3 Å². The van der Waals surface area contributed by atoms with Crippen LogP contribution in [0.3, 0.4) is 0 Å². The summed E-state index contributed by atoms with van der Waals surface area (Å²) in [6, 6.07) is 0. The van der Waals surface area contributed by atoms with Crippen LogP contribution in [0.1, 0.15) is 90.4 Å². The Morgan fingerprint density at radius 1 is 0.909 bits per heavy atom. The summed E-state index contributed by atoms with van der Waals surface area (Å²) >= 11 is 0. The van der Waals surface area contributed by atoms with E-state index < -0.39 is 0 Å². The van der Waals surface area contributed by atoms with E-state index in [2.05, 4.69) is 13.0 Å². The quantitative estimate of drug-likeness (QED) is 0.644. The molecule has 3 rings (SSSR count). The van der Waals surface area contributed by atoms with E-state index in [0.29, 0.717) is 0 Å². The number of aliphatic hydroxyl groups is 1. The van der Waals surface area contributed by atoms with E-state index in [1.807, 2.05) is 0 Å². The highest BCUT2D eigenvalue weighted by Crippen LogP contribution is 2.44. The first-order valence-electron chi connectivity index (χ1n) is 10.1. The maximum Gasteiger partial charge on any atom is 0.0577 e. The zero-order chi connectivity index (χ0) is 15.4. The molecular formula is C21H36O. The Morgan fingerprint density at radius 3 is 2.09 bits per heavy atom. The number of aliphatic hydroxyl groups excluding tert-OH is 1. The SMILES string of the molecule is CCCC1CCC(C2CCC(C3=CCC(O)CC3)CC2)CC1. The van der Waals surface area contributed by atoms with Crippen LogP contribution in [0.25, 0.3) is 0 Å². The molecule has 1 atom stereocenters. The predicted molar refractivity (Wildman–Crippen MR) is 93.7 cm³/mol. The van der Waals surface area contributed by atoms with Crippen LogP contribution in [0.2, 0.25) is 0 Å². The van der Waals surface area contributed by atoms with E-state index in [1.165, 1.54) is 70.6 Å². The highest BCUT2D eigenvalue weighted by molar-refractivity contribution is 5.11. The van der Waals surface area contributed by atoms with Gasteiger partial charge in [-0.3, -0.25) is 0 Å². The molecule has 1 N–H and O–H groups in total. The molecule has 22 heavy (non-hydrogen) atoms.